The van der Waals surface area contributed by atoms with Crippen LogP contribution in [-0.4, -0.2) is 20.1 Å². The summed E-state index contributed by atoms with van der Waals surface area (Å²) in [4.78, 5) is 11.2. The first-order valence-electron chi connectivity index (χ1n) is 5.62. The summed E-state index contributed by atoms with van der Waals surface area (Å²) in [5.74, 6) is 0.961. The summed E-state index contributed by atoms with van der Waals surface area (Å²) >= 11 is 0. The lowest BCUT2D eigenvalue weighted by molar-refractivity contribution is -0.121. The second-order valence-corrected chi connectivity index (χ2v) is 3.90. The van der Waals surface area contributed by atoms with Crippen molar-refractivity contribution in [1.82, 2.24) is 0 Å². The number of carbonyl (C=O) groups excluding carboxylic acids is 1. The second-order valence-electron chi connectivity index (χ2n) is 3.90. The fourth-order valence-electron chi connectivity index (χ4n) is 1.74. The largest absolute Gasteiger partial charge is 0.493 e. The Morgan fingerprint density at radius 2 is 1.94 bits per heavy atom. The quantitative estimate of drug-likeness (QED) is 0.820. The molecule has 2 N–H and O–H groups in total. The summed E-state index contributed by atoms with van der Waals surface area (Å²) in [6.07, 6.45) is 1.37. The Morgan fingerprint density at radius 1 is 1.29 bits per heavy atom. The summed E-state index contributed by atoms with van der Waals surface area (Å²) in [5, 5.41) is 0. The zero-order valence-electron chi connectivity index (χ0n) is 10.5. The molecule has 4 heteroatoms. The molecule has 0 spiro atoms. The molecule has 1 rings (SSSR count). The van der Waals surface area contributed by atoms with Crippen LogP contribution in [0, 0.1) is 5.92 Å². The molecule has 1 amide bonds. The average Bonchev–Trinajstić information content (AvgIpc) is 2.35. The van der Waals surface area contributed by atoms with Crippen molar-refractivity contribution in [2.45, 2.75) is 19.8 Å². The van der Waals surface area contributed by atoms with Crippen molar-refractivity contribution in [3.05, 3.63) is 23.8 Å². The van der Waals surface area contributed by atoms with Gasteiger partial charge in [-0.3, -0.25) is 4.79 Å². The minimum Gasteiger partial charge on any atom is -0.493 e. The van der Waals surface area contributed by atoms with E-state index < -0.39 is 0 Å². The van der Waals surface area contributed by atoms with Crippen LogP contribution in [0.25, 0.3) is 0 Å². The molecule has 0 fully saturated rings. The highest BCUT2D eigenvalue weighted by molar-refractivity contribution is 5.76. The molecule has 4 nitrogen and oxygen atoms in total. The SMILES string of the molecule is CCC(Cc1ccc(OC)c(OC)c1)C(N)=O. The second kappa shape index (κ2) is 6.13. The molecule has 0 aromatic heterocycles. The third-order valence-corrected chi connectivity index (χ3v) is 2.83. The maximum absolute atomic E-state index is 11.2. The molecule has 0 radical (unpaired) electrons. The number of hydrogen-bond donors (Lipinski definition) is 1. The predicted octanol–water partition coefficient (Wildman–Crippen LogP) is 1.76. The standard InChI is InChI=1S/C13H19NO3/c1-4-10(13(14)15)7-9-5-6-11(16-2)12(8-9)17-3/h5-6,8,10H,4,7H2,1-3H3,(H2,14,15). The molecule has 0 saturated heterocycles. The van der Waals surface area contributed by atoms with Gasteiger partial charge in [0.1, 0.15) is 0 Å². The van der Waals surface area contributed by atoms with Crippen LogP contribution in [-0.2, 0) is 11.2 Å². The zero-order valence-corrected chi connectivity index (χ0v) is 10.5. The lowest BCUT2D eigenvalue weighted by atomic mass is 9.96. The van der Waals surface area contributed by atoms with Crippen molar-refractivity contribution in [2.75, 3.05) is 14.2 Å². The summed E-state index contributed by atoms with van der Waals surface area (Å²) in [5.41, 5.74) is 6.35. The predicted molar refractivity (Wildman–Crippen MR) is 66.2 cm³/mol. The van der Waals surface area contributed by atoms with E-state index in [0.29, 0.717) is 17.9 Å². The van der Waals surface area contributed by atoms with Crippen molar-refractivity contribution in [3.8, 4) is 11.5 Å². The van der Waals surface area contributed by atoms with E-state index in [2.05, 4.69) is 0 Å². The minimum absolute atomic E-state index is 0.131. The molecule has 17 heavy (non-hydrogen) atoms. The molecule has 0 aliphatic carbocycles. The van der Waals surface area contributed by atoms with Crippen molar-refractivity contribution in [1.29, 1.82) is 0 Å². The Morgan fingerprint density at radius 3 is 2.41 bits per heavy atom. The molecule has 1 aromatic rings. The van der Waals surface area contributed by atoms with Crippen molar-refractivity contribution in [3.63, 3.8) is 0 Å². The fraction of sp³-hybridized carbons (Fsp3) is 0.462. The van der Waals surface area contributed by atoms with Crippen LogP contribution in [0.4, 0.5) is 0 Å². The van der Waals surface area contributed by atoms with Gasteiger partial charge in [-0.25, -0.2) is 0 Å². The number of ether oxygens (including phenoxy) is 2. The van der Waals surface area contributed by atoms with E-state index in [9.17, 15) is 4.79 Å². The molecule has 1 unspecified atom stereocenters. The summed E-state index contributed by atoms with van der Waals surface area (Å²) in [7, 11) is 3.18. The molecule has 0 aliphatic heterocycles. The summed E-state index contributed by atoms with van der Waals surface area (Å²) in [6, 6.07) is 5.64. The van der Waals surface area contributed by atoms with E-state index in [-0.39, 0.29) is 11.8 Å². The Labute approximate surface area is 102 Å². The first-order chi connectivity index (χ1) is 8.12. The Hall–Kier alpha value is -1.71. The highest BCUT2D eigenvalue weighted by Gasteiger charge is 2.14. The van der Waals surface area contributed by atoms with Crippen molar-refractivity contribution < 1.29 is 14.3 Å². The highest BCUT2D eigenvalue weighted by atomic mass is 16.5. The molecule has 1 aromatic carbocycles. The first kappa shape index (κ1) is 13.4. The van der Waals surface area contributed by atoms with E-state index in [0.717, 1.165) is 12.0 Å². The van der Waals surface area contributed by atoms with E-state index >= 15 is 0 Å². The number of primary amides is 1. The highest BCUT2D eigenvalue weighted by Crippen LogP contribution is 2.28. The molecular formula is C13H19NO3. The normalized spacial score (nSPS) is 11.9. The molecule has 0 saturated carbocycles. The van der Waals surface area contributed by atoms with Crippen LogP contribution in [0.3, 0.4) is 0 Å². The minimum atomic E-state index is -0.262. The van der Waals surface area contributed by atoms with E-state index in [1.165, 1.54) is 0 Å². The number of hydrogen-bond acceptors (Lipinski definition) is 3. The Bertz CT molecular complexity index is 390. The Balaban J connectivity index is 2.88. The van der Waals surface area contributed by atoms with Crippen LogP contribution in [0.15, 0.2) is 18.2 Å². The van der Waals surface area contributed by atoms with Crippen LogP contribution in [0.2, 0.25) is 0 Å². The summed E-state index contributed by atoms with van der Waals surface area (Å²) in [6.45, 7) is 1.95. The van der Waals surface area contributed by atoms with Crippen molar-refractivity contribution in [2.24, 2.45) is 11.7 Å². The smallest absolute Gasteiger partial charge is 0.220 e. The molecular weight excluding hydrogens is 218 g/mol. The van der Waals surface area contributed by atoms with Gasteiger partial charge in [-0.2, -0.15) is 0 Å². The number of nitrogens with two attached hydrogens (primary N) is 1. The maximum atomic E-state index is 11.2. The van der Waals surface area contributed by atoms with Crippen molar-refractivity contribution >= 4 is 5.91 Å². The molecule has 94 valence electrons. The molecule has 0 bridgehead atoms. The first-order valence-corrected chi connectivity index (χ1v) is 5.62. The average molecular weight is 237 g/mol. The number of rotatable bonds is 6. The van der Waals surface area contributed by atoms with Crippen LogP contribution in [0.1, 0.15) is 18.9 Å². The lowest BCUT2D eigenvalue weighted by Crippen LogP contribution is -2.24. The molecule has 1 atom stereocenters. The topological polar surface area (TPSA) is 61.6 Å². The van der Waals surface area contributed by atoms with E-state index in [1.807, 2.05) is 25.1 Å². The summed E-state index contributed by atoms with van der Waals surface area (Å²) < 4.78 is 10.4. The van der Waals surface area contributed by atoms with Gasteiger partial charge in [0.25, 0.3) is 0 Å². The monoisotopic (exact) mass is 237 g/mol. The molecule has 0 heterocycles. The van der Waals surface area contributed by atoms with Gasteiger partial charge < -0.3 is 15.2 Å². The van der Waals surface area contributed by atoms with Crippen LogP contribution >= 0.6 is 0 Å². The molecule has 0 aliphatic rings. The number of methoxy groups -OCH3 is 2. The lowest BCUT2D eigenvalue weighted by Gasteiger charge is -2.13. The van der Waals surface area contributed by atoms with Gasteiger partial charge in [-0.05, 0) is 30.5 Å². The van der Waals surface area contributed by atoms with Gasteiger partial charge in [0.05, 0.1) is 14.2 Å². The number of carbonyl (C=O) groups is 1. The van der Waals surface area contributed by atoms with E-state index in [4.69, 9.17) is 15.2 Å². The van der Waals surface area contributed by atoms with Gasteiger partial charge in [0, 0.05) is 5.92 Å². The van der Waals surface area contributed by atoms with Gasteiger partial charge in [0.15, 0.2) is 11.5 Å². The maximum Gasteiger partial charge on any atom is 0.220 e. The third kappa shape index (κ3) is 3.37. The third-order valence-electron chi connectivity index (χ3n) is 2.83. The zero-order chi connectivity index (χ0) is 12.8. The van der Waals surface area contributed by atoms with Crippen LogP contribution < -0.4 is 15.2 Å². The van der Waals surface area contributed by atoms with Gasteiger partial charge >= 0.3 is 0 Å². The van der Waals surface area contributed by atoms with Gasteiger partial charge in [-0.15, -0.1) is 0 Å². The van der Waals surface area contributed by atoms with Gasteiger partial charge in [-0.1, -0.05) is 13.0 Å². The fourth-order valence-corrected chi connectivity index (χ4v) is 1.74. The number of benzene rings is 1. The number of amides is 1. The Kier molecular flexibility index (Phi) is 4.82. The van der Waals surface area contributed by atoms with E-state index in [1.54, 1.807) is 14.2 Å². The van der Waals surface area contributed by atoms with Gasteiger partial charge in [0.2, 0.25) is 5.91 Å². The van der Waals surface area contributed by atoms with Crippen LogP contribution in [0.5, 0.6) is 11.5 Å².